The number of carbonyl (C=O) groups is 1. The first-order chi connectivity index (χ1) is 4.13. The maximum Gasteiger partial charge on any atom is 0.164 e. The summed E-state index contributed by atoms with van der Waals surface area (Å²) in [6.45, 7) is 1.66. The molecule has 9 heavy (non-hydrogen) atoms. The molecule has 0 saturated heterocycles. The molecule has 0 spiro atoms. The second-order valence-corrected chi connectivity index (χ2v) is 1.81. The smallest absolute Gasteiger partial charge is 0.164 e. The number of aliphatic hydroxyl groups is 2. The van der Waals surface area contributed by atoms with Gasteiger partial charge in [-0.3, -0.25) is 4.79 Å². The molecule has 0 aliphatic rings. The number of hydrogen-bond acceptors (Lipinski definition) is 4. The van der Waals surface area contributed by atoms with E-state index in [1.54, 1.807) is 0 Å². The first kappa shape index (κ1) is 8.55. The van der Waals surface area contributed by atoms with Crippen LogP contribution < -0.4 is 5.32 Å². The Morgan fingerprint density at radius 1 is 1.67 bits per heavy atom. The Morgan fingerprint density at radius 2 is 2.22 bits per heavy atom. The fraction of sp³-hybridized carbons (Fsp3) is 0.800. The van der Waals surface area contributed by atoms with E-state index < -0.39 is 6.29 Å². The first-order valence-corrected chi connectivity index (χ1v) is 2.69. The van der Waals surface area contributed by atoms with Crippen molar-refractivity contribution >= 4 is 5.78 Å². The van der Waals surface area contributed by atoms with Crippen molar-refractivity contribution in [1.29, 1.82) is 0 Å². The lowest BCUT2D eigenvalue weighted by Crippen LogP contribution is -2.29. The molecule has 0 rings (SSSR count). The van der Waals surface area contributed by atoms with Gasteiger partial charge >= 0.3 is 0 Å². The highest BCUT2D eigenvalue weighted by molar-refractivity contribution is 5.77. The van der Waals surface area contributed by atoms with E-state index in [1.165, 1.54) is 6.92 Å². The summed E-state index contributed by atoms with van der Waals surface area (Å²) >= 11 is 0. The second-order valence-electron chi connectivity index (χ2n) is 1.81. The van der Waals surface area contributed by atoms with E-state index >= 15 is 0 Å². The molecule has 0 heterocycles. The van der Waals surface area contributed by atoms with Crippen molar-refractivity contribution in [3.63, 3.8) is 0 Å². The van der Waals surface area contributed by atoms with Crippen LogP contribution in [0.2, 0.25) is 0 Å². The zero-order chi connectivity index (χ0) is 7.28. The number of hydrogen-bond donors (Lipinski definition) is 3. The Kier molecular flexibility index (Phi) is 4.21. The zero-order valence-corrected chi connectivity index (χ0v) is 5.29. The highest BCUT2D eigenvalue weighted by Gasteiger charge is 1.96. The zero-order valence-electron chi connectivity index (χ0n) is 5.29. The van der Waals surface area contributed by atoms with Gasteiger partial charge in [-0.05, 0) is 6.92 Å². The van der Waals surface area contributed by atoms with Crippen molar-refractivity contribution in [2.75, 3.05) is 13.1 Å². The molecule has 4 heteroatoms. The molecule has 54 valence electrons. The normalized spacial score (nSPS) is 10.2. The quantitative estimate of drug-likeness (QED) is 0.407. The van der Waals surface area contributed by atoms with Gasteiger partial charge in [0.15, 0.2) is 6.29 Å². The van der Waals surface area contributed by atoms with Crippen LogP contribution in [0.4, 0.5) is 0 Å². The molecular weight excluding hydrogens is 122 g/mol. The van der Waals surface area contributed by atoms with Crippen LogP contribution in [0.25, 0.3) is 0 Å². The third-order valence-electron chi connectivity index (χ3n) is 0.701. The van der Waals surface area contributed by atoms with Crippen LogP contribution in [0, 0.1) is 0 Å². The van der Waals surface area contributed by atoms with Crippen LogP contribution in [0.5, 0.6) is 0 Å². The number of carbonyl (C=O) groups excluding carboxylic acids is 1. The lowest BCUT2D eigenvalue weighted by molar-refractivity contribution is -0.116. The number of rotatable bonds is 4. The summed E-state index contributed by atoms with van der Waals surface area (Å²) in [5.74, 6) is -0.0179. The molecule has 4 nitrogen and oxygen atoms in total. The lowest BCUT2D eigenvalue weighted by atomic mass is 10.4. The third kappa shape index (κ3) is 7.55. The van der Waals surface area contributed by atoms with Gasteiger partial charge in [0, 0.05) is 6.54 Å². The minimum absolute atomic E-state index is 0.0179. The average molecular weight is 133 g/mol. The van der Waals surface area contributed by atoms with Crippen molar-refractivity contribution < 1.29 is 15.0 Å². The van der Waals surface area contributed by atoms with E-state index in [-0.39, 0.29) is 18.9 Å². The van der Waals surface area contributed by atoms with Gasteiger partial charge in [0.25, 0.3) is 0 Å². The van der Waals surface area contributed by atoms with Crippen molar-refractivity contribution in [2.24, 2.45) is 0 Å². The first-order valence-electron chi connectivity index (χ1n) is 2.69. The summed E-state index contributed by atoms with van der Waals surface area (Å²) in [5, 5.41) is 19.0. The van der Waals surface area contributed by atoms with Gasteiger partial charge in [-0.25, -0.2) is 0 Å². The largest absolute Gasteiger partial charge is 0.367 e. The van der Waals surface area contributed by atoms with Crippen molar-refractivity contribution in [1.82, 2.24) is 5.32 Å². The van der Waals surface area contributed by atoms with Crippen LogP contribution in [-0.2, 0) is 4.79 Å². The molecule has 0 radical (unpaired) electrons. The lowest BCUT2D eigenvalue weighted by Gasteiger charge is -2.02. The van der Waals surface area contributed by atoms with Gasteiger partial charge in [0.2, 0.25) is 0 Å². The Labute approximate surface area is 53.5 Å². The molecule has 0 aromatic rings. The van der Waals surface area contributed by atoms with Crippen molar-refractivity contribution in [3.8, 4) is 0 Å². The Hall–Kier alpha value is -0.450. The maximum atomic E-state index is 10.2. The Balaban J connectivity index is 3.01. The number of aliphatic hydroxyl groups excluding tert-OH is 1. The van der Waals surface area contributed by atoms with Gasteiger partial charge < -0.3 is 15.5 Å². The second kappa shape index (κ2) is 4.43. The monoisotopic (exact) mass is 133 g/mol. The molecule has 0 bridgehead atoms. The fourth-order valence-corrected chi connectivity index (χ4v) is 0.377. The molecule has 0 amide bonds. The standard InChI is InChI=1S/C5H11NO3/c1-4(7)2-6-3-5(8)9/h5-6,8-9H,2-3H2,1H3. The summed E-state index contributed by atoms with van der Waals surface area (Å²) in [5.41, 5.74) is 0. The van der Waals surface area contributed by atoms with Gasteiger partial charge in [0.1, 0.15) is 5.78 Å². The molecule has 0 aliphatic heterocycles. The van der Waals surface area contributed by atoms with E-state index in [2.05, 4.69) is 5.32 Å². The van der Waals surface area contributed by atoms with Gasteiger partial charge in [-0.1, -0.05) is 0 Å². The highest BCUT2D eigenvalue weighted by Crippen LogP contribution is 1.69. The summed E-state index contributed by atoms with van der Waals surface area (Å²) in [6.07, 6.45) is -1.37. The summed E-state index contributed by atoms with van der Waals surface area (Å²) in [6, 6.07) is 0. The molecule has 3 N–H and O–H groups in total. The van der Waals surface area contributed by atoms with Gasteiger partial charge in [0.05, 0.1) is 6.54 Å². The van der Waals surface area contributed by atoms with Crippen LogP contribution in [0.1, 0.15) is 6.92 Å². The maximum absolute atomic E-state index is 10.2. The van der Waals surface area contributed by atoms with E-state index in [0.717, 1.165) is 0 Å². The average Bonchev–Trinajstić information content (AvgIpc) is 1.63. The van der Waals surface area contributed by atoms with E-state index in [4.69, 9.17) is 10.2 Å². The Morgan fingerprint density at radius 3 is 2.56 bits per heavy atom. The molecule has 0 aliphatic carbocycles. The highest BCUT2D eigenvalue weighted by atomic mass is 16.5. The Bertz CT molecular complexity index is 92.2. The molecule has 0 unspecified atom stereocenters. The van der Waals surface area contributed by atoms with Crippen molar-refractivity contribution in [2.45, 2.75) is 13.2 Å². The van der Waals surface area contributed by atoms with E-state index in [0.29, 0.717) is 0 Å². The third-order valence-corrected chi connectivity index (χ3v) is 0.701. The fourth-order valence-electron chi connectivity index (χ4n) is 0.377. The molecule has 0 aromatic carbocycles. The summed E-state index contributed by atoms with van der Waals surface area (Å²) in [7, 11) is 0. The SMILES string of the molecule is CC(=O)CNCC(O)O. The predicted octanol–water partition coefficient (Wildman–Crippen LogP) is -1.52. The number of ketones is 1. The van der Waals surface area contributed by atoms with Crippen LogP contribution in [0.3, 0.4) is 0 Å². The molecular formula is C5H11NO3. The molecule has 0 saturated carbocycles. The molecule has 0 aromatic heterocycles. The number of nitrogens with one attached hydrogen (secondary N) is 1. The minimum atomic E-state index is -1.37. The summed E-state index contributed by atoms with van der Waals surface area (Å²) < 4.78 is 0. The van der Waals surface area contributed by atoms with Gasteiger partial charge in [-0.15, -0.1) is 0 Å². The summed E-state index contributed by atoms with van der Waals surface area (Å²) in [4.78, 5) is 10.2. The van der Waals surface area contributed by atoms with E-state index in [1.807, 2.05) is 0 Å². The van der Waals surface area contributed by atoms with Gasteiger partial charge in [-0.2, -0.15) is 0 Å². The van der Waals surface area contributed by atoms with Crippen LogP contribution in [-0.4, -0.2) is 35.4 Å². The minimum Gasteiger partial charge on any atom is -0.367 e. The topological polar surface area (TPSA) is 69.6 Å². The molecule has 0 fully saturated rings. The van der Waals surface area contributed by atoms with E-state index in [9.17, 15) is 4.79 Å². The number of Topliss-reactive ketones (excluding diaryl/α,β-unsaturated/α-hetero) is 1. The predicted molar refractivity (Wildman–Crippen MR) is 31.8 cm³/mol. The van der Waals surface area contributed by atoms with Crippen LogP contribution in [0.15, 0.2) is 0 Å². The van der Waals surface area contributed by atoms with Crippen LogP contribution >= 0.6 is 0 Å². The van der Waals surface area contributed by atoms with Crippen molar-refractivity contribution in [3.05, 3.63) is 0 Å². The molecule has 0 atom stereocenters.